The summed E-state index contributed by atoms with van der Waals surface area (Å²) in [6.07, 6.45) is 3.25. The number of rotatable bonds is 3. The molecule has 0 N–H and O–H groups in total. The van der Waals surface area contributed by atoms with Crippen molar-refractivity contribution in [3.63, 3.8) is 0 Å². The zero-order chi connectivity index (χ0) is 15.7. The van der Waals surface area contributed by atoms with E-state index in [1.54, 1.807) is 18.2 Å². The first-order chi connectivity index (χ1) is 10.6. The second kappa shape index (κ2) is 6.12. The van der Waals surface area contributed by atoms with Crippen molar-refractivity contribution in [1.82, 2.24) is 20.1 Å². The topological polar surface area (TPSA) is 60.2 Å². The predicted octanol–water partition coefficient (Wildman–Crippen LogP) is 2.30. The third-order valence-corrected chi connectivity index (χ3v) is 4.40. The molecule has 1 aromatic carbocycles. The highest BCUT2D eigenvalue weighted by molar-refractivity contribution is 6.31. The molecule has 2 heterocycles. The van der Waals surface area contributed by atoms with E-state index in [1.165, 1.54) is 11.3 Å². The van der Waals surface area contributed by atoms with Crippen LogP contribution in [0, 0.1) is 0 Å². The molecule has 1 fully saturated rings. The number of nitrogens with zero attached hydrogens (tertiary/aromatic N) is 4. The van der Waals surface area contributed by atoms with E-state index < -0.39 is 0 Å². The Bertz CT molecular complexity index is 677. The average Bonchev–Trinajstić information content (AvgIpc) is 2.87. The molecule has 1 saturated heterocycles. The Morgan fingerprint density at radius 1 is 1.36 bits per heavy atom. The van der Waals surface area contributed by atoms with E-state index in [9.17, 15) is 4.79 Å². The Labute approximate surface area is 133 Å². The molecule has 0 aliphatic carbocycles. The number of hydrogen-bond donors (Lipinski definition) is 0. The predicted molar refractivity (Wildman–Crippen MR) is 83.6 cm³/mol. The number of halogens is 1. The van der Waals surface area contributed by atoms with E-state index in [1.807, 2.05) is 4.90 Å². The molecule has 22 heavy (non-hydrogen) atoms. The summed E-state index contributed by atoms with van der Waals surface area (Å²) in [5.74, 6) is -0.0228. The fraction of sp³-hybridized carbons (Fsp3) is 0.533. The molecule has 0 unspecified atom stereocenters. The SMILES string of the molecule is C[C@@H]1CCC[C@@H](C)N1C(=O)COn1nnc2ccc(Cl)cc21. The first-order valence-electron chi connectivity index (χ1n) is 7.51. The summed E-state index contributed by atoms with van der Waals surface area (Å²) in [4.78, 5) is 21.1. The highest BCUT2D eigenvalue weighted by Gasteiger charge is 2.29. The van der Waals surface area contributed by atoms with Gasteiger partial charge in [0.15, 0.2) is 6.61 Å². The van der Waals surface area contributed by atoms with Gasteiger partial charge in [-0.25, -0.2) is 0 Å². The van der Waals surface area contributed by atoms with E-state index in [0.717, 1.165) is 12.8 Å². The van der Waals surface area contributed by atoms with Gasteiger partial charge in [-0.1, -0.05) is 16.4 Å². The van der Waals surface area contributed by atoms with Gasteiger partial charge in [0.25, 0.3) is 5.91 Å². The number of carbonyl (C=O) groups is 1. The van der Waals surface area contributed by atoms with Gasteiger partial charge in [0.1, 0.15) is 11.0 Å². The van der Waals surface area contributed by atoms with Crippen LogP contribution < -0.4 is 4.84 Å². The van der Waals surface area contributed by atoms with Gasteiger partial charge in [-0.15, -0.1) is 5.10 Å². The van der Waals surface area contributed by atoms with Crippen molar-refractivity contribution in [3.8, 4) is 0 Å². The molecule has 2 atom stereocenters. The number of likely N-dealkylation sites (tertiary alicyclic amines) is 1. The molecular weight excluding hydrogens is 304 g/mol. The molecule has 0 spiro atoms. The number of benzene rings is 1. The van der Waals surface area contributed by atoms with Crippen LogP contribution in [0.3, 0.4) is 0 Å². The summed E-state index contributed by atoms with van der Waals surface area (Å²) in [5.41, 5.74) is 1.33. The van der Waals surface area contributed by atoms with Crippen LogP contribution in [-0.4, -0.2) is 44.7 Å². The number of fused-ring (bicyclic) bond motifs is 1. The summed E-state index contributed by atoms with van der Waals surface area (Å²) in [7, 11) is 0. The highest BCUT2D eigenvalue weighted by Crippen LogP contribution is 2.22. The quantitative estimate of drug-likeness (QED) is 0.870. The van der Waals surface area contributed by atoms with Crippen LogP contribution in [0.1, 0.15) is 33.1 Å². The van der Waals surface area contributed by atoms with Crippen LogP contribution in [-0.2, 0) is 4.79 Å². The van der Waals surface area contributed by atoms with Crippen LogP contribution in [0.5, 0.6) is 0 Å². The molecule has 1 amide bonds. The second-order valence-corrected chi connectivity index (χ2v) is 6.24. The Kier molecular flexibility index (Phi) is 4.20. The minimum absolute atomic E-state index is 0.0228. The zero-order valence-electron chi connectivity index (χ0n) is 12.7. The standard InChI is InChI=1S/C15H19ClN4O2/c1-10-4-3-5-11(2)19(10)15(21)9-22-20-14-8-12(16)6-7-13(14)17-18-20/h6-8,10-11H,3-5,9H2,1-2H3/t10-,11-/m1/s1. The van der Waals surface area contributed by atoms with Crippen molar-refractivity contribution in [3.05, 3.63) is 23.2 Å². The average molecular weight is 323 g/mol. The van der Waals surface area contributed by atoms with Gasteiger partial charge >= 0.3 is 0 Å². The maximum absolute atomic E-state index is 12.4. The van der Waals surface area contributed by atoms with Gasteiger partial charge < -0.3 is 9.74 Å². The monoisotopic (exact) mass is 322 g/mol. The summed E-state index contributed by atoms with van der Waals surface area (Å²) in [6, 6.07) is 5.73. The minimum Gasteiger partial charge on any atom is -0.385 e. The minimum atomic E-state index is -0.0559. The number of hydrogen-bond acceptors (Lipinski definition) is 4. The normalized spacial score (nSPS) is 22.0. The molecule has 118 valence electrons. The zero-order valence-corrected chi connectivity index (χ0v) is 13.5. The Hall–Kier alpha value is -1.82. The Morgan fingerprint density at radius 3 is 2.82 bits per heavy atom. The van der Waals surface area contributed by atoms with E-state index in [-0.39, 0.29) is 24.6 Å². The van der Waals surface area contributed by atoms with E-state index in [4.69, 9.17) is 16.4 Å². The van der Waals surface area contributed by atoms with E-state index in [2.05, 4.69) is 24.2 Å². The molecule has 7 heteroatoms. The molecule has 6 nitrogen and oxygen atoms in total. The number of aromatic nitrogens is 3. The van der Waals surface area contributed by atoms with Gasteiger partial charge in [0.2, 0.25) is 0 Å². The number of carbonyl (C=O) groups excluding carboxylic acids is 1. The van der Waals surface area contributed by atoms with E-state index >= 15 is 0 Å². The Balaban J connectivity index is 1.71. The lowest BCUT2D eigenvalue weighted by atomic mass is 9.97. The maximum Gasteiger partial charge on any atom is 0.263 e. The molecule has 1 aromatic heterocycles. The first kappa shape index (κ1) is 15.1. The molecule has 1 aliphatic rings. The summed E-state index contributed by atoms with van der Waals surface area (Å²) < 4.78 is 0. The Morgan fingerprint density at radius 2 is 2.09 bits per heavy atom. The smallest absolute Gasteiger partial charge is 0.263 e. The summed E-state index contributed by atoms with van der Waals surface area (Å²) in [5, 5.41) is 8.46. The van der Waals surface area contributed by atoms with Crippen molar-refractivity contribution in [2.75, 3.05) is 6.61 Å². The molecule has 0 bridgehead atoms. The lowest BCUT2D eigenvalue weighted by Crippen LogP contribution is -2.49. The van der Waals surface area contributed by atoms with Gasteiger partial charge in [-0.05, 0) is 56.5 Å². The fourth-order valence-corrected chi connectivity index (χ4v) is 3.24. The number of piperidine rings is 1. The fourth-order valence-electron chi connectivity index (χ4n) is 3.07. The molecule has 3 rings (SSSR count). The van der Waals surface area contributed by atoms with Crippen molar-refractivity contribution < 1.29 is 9.63 Å². The third-order valence-electron chi connectivity index (χ3n) is 4.17. The molecule has 0 radical (unpaired) electrons. The first-order valence-corrected chi connectivity index (χ1v) is 7.89. The van der Waals surface area contributed by atoms with Gasteiger partial charge in [0.05, 0.1) is 0 Å². The summed E-state index contributed by atoms with van der Waals surface area (Å²) >= 11 is 5.97. The third kappa shape index (κ3) is 2.88. The van der Waals surface area contributed by atoms with Crippen molar-refractivity contribution in [2.24, 2.45) is 0 Å². The number of amides is 1. The van der Waals surface area contributed by atoms with Crippen molar-refractivity contribution in [2.45, 2.75) is 45.2 Å². The van der Waals surface area contributed by atoms with Crippen LogP contribution in [0.4, 0.5) is 0 Å². The van der Waals surface area contributed by atoms with Crippen LogP contribution in [0.25, 0.3) is 11.0 Å². The van der Waals surface area contributed by atoms with Gasteiger partial charge in [-0.3, -0.25) is 4.79 Å². The van der Waals surface area contributed by atoms with Crippen molar-refractivity contribution in [1.29, 1.82) is 0 Å². The maximum atomic E-state index is 12.4. The van der Waals surface area contributed by atoms with Gasteiger partial charge in [-0.2, -0.15) is 0 Å². The molecule has 2 aromatic rings. The lowest BCUT2D eigenvalue weighted by molar-refractivity contribution is -0.142. The summed E-state index contributed by atoms with van der Waals surface area (Å²) in [6.45, 7) is 4.11. The van der Waals surface area contributed by atoms with Crippen LogP contribution >= 0.6 is 11.6 Å². The lowest BCUT2D eigenvalue weighted by Gasteiger charge is -2.38. The second-order valence-electron chi connectivity index (χ2n) is 5.80. The van der Waals surface area contributed by atoms with Crippen LogP contribution in [0.2, 0.25) is 5.02 Å². The van der Waals surface area contributed by atoms with Crippen molar-refractivity contribution >= 4 is 28.5 Å². The molecule has 1 aliphatic heterocycles. The largest absolute Gasteiger partial charge is 0.385 e. The molecule has 0 saturated carbocycles. The van der Waals surface area contributed by atoms with Crippen LogP contribution in [0.15, 0.2) is 18.2 Å². The van der Waals surface area contributed by atoms with Gasteiger partial charge in [0, 0.05) is 17.1 Å². The molecular formula is C15H19ClN4O2. The highest BCUT2D eigenvalue weighted by atomic mass is 35.5. The van der Waals surface area contributed by atoms with E-state index in [0.29, 0.717) is 16.1 Å².